The SMILES string of the molecule is C=C1[C@H](OCc2ccccc2)[C@@H](CO[Si](C)(C)C(C)(C)C)O[C@]1(C)O. The Morgan fingerprint density at radius 3 is 2.40 bits per heavy atom. The van der Waals surface area contributed by atoms with Gasteiger partial charge < -0.3 is 19.0 Å². The van der Waals surface area contributed by atoms with Crippen LogP contribution >= 0.6 is 0 Å². The summed E-state index contributed by atoms with van der Waals surface area (Å²) >= 11 is 0. The minimum atomic E-state index is -1.90. The van der Waals surface area contributed by atoms with E-state index in [-0.39, 0.29) is 17.2 Å². The maximum atomic E-state index is 10.4. The molecule has 1 aliphatic heterocycles. The Kier molecular flexibility index (Phi) is 5.96. The van der Waals surface area contributed by atoms with Crippen molar-refractivity contribution in [3.63, 3.8) is 0 Å². The molecule has 0 saturated carbocycles. The van der Waals surface area contributed by atoms with Gasteiger partial charge in [0, 0.05) is 5.57 Å². The van der Waals surface area contributed by atoms with Crippen LogP contribution in [0.25, 0.3) is 0 Å². The molecular formula is C20H32O4Si. The molecule has 0 aromatic heterocycles. The fourth-order valence-electron chi connectivity index (χ4n) is 2.52. The van der Waals surface area contributed by atoms with Gasteiger partial charge in [-0.05, 0) is 30.6 Å². The lowest BCUT2D eigenvalue weighted by molar-refractivity contribution is -0.172. The Labute approximate surface area is 152 Å². The zero-order valence-corrected chi connectivity index (χ0v) is 17.3. The van der Waals surface area contributed by atoms with Gasteiger partial charge in [0.05, 0.1) is 13.2 Å². The predicted molar refractivity (Wildman–Crippen MR) is 103 cm³/mol. The molecule has 0 spiro atoms. The first-order valence-corrected chi connectivity index (χ1v) is 11.7. The molecule has 25 heavy (non-hydrogen) atoms. The Morgan fingerprint density at radius 1 is 1.24 bits per heavy atom. The minimum absolute atomic E-state index is 0.117. The molecule has 140 valence electrons. The lowest BCUT2D eigenvalue weighted by Crippen LogP contribution is -2.44. The summed E-state index contributed by atoms with van der Waals surface area (Å²) in [5.74, 6) is -1.39. The second-order valence-corrected chi connectivity index (χ2v) is 13.3. The van der Waals surface area contributed by atoms with Gasteiger partial charge in [-0.1, -0.05) is 57.7 Å². The molecule has 1 aromatic rings. The van der Waals surface area contributed by atoms with E-state index in [9.17, 15) is 5.11 Å². The number of ether oxygens (including phenoxy) is 2. The van der Waals surface area contributed by atoms with Gasteiger partial charge >= 0.3 is 0 Å². The highest BCUT2D eigenvalue weighted by molar-refractivity contribution is 6.74. The number of hydrogen-bond acceptors (Lipinski definition) is 4. The third-order valence-electron chi connectivity index (χ3n) is 5.34. The molecule has 3 atom stereocenters. The van der Waals surface area contributed by atoms with Crippen molar-refractivity contribution < 1.29 is 19.0 Å². The summed E-state index contributed by atoms with van der Waals surface area (Å²) in [5.41, 5.74) is 1.62. The summed E-state index contributed by atoms with van der Waals surface area (Å²) in [5, 5.41) is 10.6. The van der Waals surface area contributed by atoms with Gasteiger partial charge in [0.25, 0.3) is 0 Å². The zero-order valence-electron chi connectivity index (χ0n) is 16.3. The number of hydrogen-bond donors (Lipinski definition) is 1. The fourth-order valence-corrected chi connectivity index (χ4v) is 3.53. The van der Waals surface area contributed by atoms with Gasteiger partial charge in [-0.2, -0.15) is 0 Å². The summed E-state index contributed by atoms with van der Waals surface area (Å²) < 4.78 is 18.1. The standard InChI is InChI=1S/C20H32O4Si/c1-15-18(22-13-16-11-9-8-10-12-16)17(24-20(15,5)21)14-23-25(6,7)19(2,3)4/h8-12,17-18,21H,1,13-14H2,2-7H3/t17-,18+,20+/m1/s1. The molecule has 1 aliphatic rings. The highest BCUT2D eigenvalue weighted by atomic mass is 28.4. The summed E-state index contributed by atoms with van der Waals surface area (Å²) in [6.07, 6.45) is -0.750. The smallest absolute Gasteiger partial charge is 0.192 e. The van der Waals surface area contributed by atoms with Gasteiger partial charge in [-0.3, -0.25) is 0 Å². The second kappa shape index (κ2) is 7.33. The van der Waals surface area contributed by atoms with Crippen molar-refractivity contribution in [2.45, 2.75) is 70.4 Å². The summed E-state index contributed by atoms with van der Waals surface area (Å²) in [6.45, 7) is 17.5. The lowest BCUT2D eigenvalue weighted by atomic mass is 10.0. The van der Waals surface area contributed by atoms with Gasteiger partial charge in [-0.25, -0.2) is 0 Å². The average Bonchev–Trinajstić information content (AvgIpc) is 2.73. The van der Waals surface area contributed by atoms with Crippen molar-refractivity contribution in [1.29, 1.82) is 0 Å². The molecule has 4 nitrogen and oxygen atoms in total. The molecule has 1 aromatic carbocycles. The van der Waals surface area contributed by atoms with Crippen molar-refractivity contribution in [2.24, 2.45) is 0 Å². The second-order valence-electron chi connectivity index (χ2n) is 8.45. The monoisotopic (exact) mass is 364 g/mol. The van der Waals surface area contributed by atoms with E-state index in [0.717, 1.165) is 5.56 Å². The molecular weight excluding hydrogens is 332 g/mol. The first kappa shape index (κ1) is 20.3. The van der Waals surface area contributed by atoms with Crippen LogP contribution in [0.4, 0.5) is 0 Å². The van der Waals surface area contributed by atoms with Crippen molar-refractivity contribution in [2.75, 3.05) is 6.61 Å². The van der Waals surface area contributed by atoms with Crippen LogP contribution in [-0.2, 0) is 20.5 Å². The van der Waals surface area contributed by atoms with E-state index in [1.54, 1.807) is 6.92 Å². The highest BCUT2D eigenvalue weighted by Gasteiger charge is 2.48. The minimum Gasteiger partial charge on any atom is -0.414 e. The molecule has 0 bridgehead atoms. The maximum Gasteiger partial charge on any atom is 0.192 e. The van der Waals surface area contributed by atoms with Crippen LogP contribution in [0.3, 0.4) is 0 Å². The van der Waals surface area contributed by atoms with Crippen LogP contribution < -0.4 is 0 Å². The van der Waals surface area contributed by atoms with Crippen molar-refractivity contribution in [3.05, 3.63) is 48.0 Å². The van der Waals surface area contributed by atoms with Crippen molar-refractivity contribution in [3.8, 4) is 0 Å². The molecule has 1 fully saturated rings. The van der Waals surface area contributed by atoms with Crippen LogP contribution in [0.15, 0.2) is 42.5 Å². The first-order chi connectivity index (χ1) is 11.4. The molecule has 1 heterocycles. The van der Waals surface area contributed by atoms with E-state index in [2.05, 4.69) is 40.4 Å². The molecule has 0 aliphatic carbocycles. The number of rotatable bonds is 6. The molecule has 2 rings (SSSR count). The molecule has 1 N–H and O–H groups in total. The Balaban J connectivity index is 2.05. The topological polar surface area (TPSA) is 47.9 Å². The van der Waals surface area contributed by atoms with Crippen molar-refractivity contribution >= 4 is 8.32 Å². The third kappa shape index (κ3) is 4.80. The zero-order chi connectivity index (χ0) is 18.9. The van der Waals surface area contributed by atoms with Crippen LogP contribution in [0.2, 0.25) is 18.1 Å². The fraction of sp³-hybridized carbons (Fsp3) is 0.600. The van der Waals surface area contributed by atoms with E-state index in [1.807, 2.05) is 30.3 Å². The summed E-state index contributed by atoms with van der Waals surface area (Å²) in [6, 6.07) is 9.96. The normalized spacial score (nSPS) is 27.7. The largest absolute Gasteiger partial charge is 0.414 e. The number of aliphatic hydroxyl groups is 1. The Hall–Kier alpha value is -0.983. The summed E-state index contributed by atoms with van der Waals surface area (Å²) in [4.78, 5) is 0. The van der Waals surface area contributed by atoms with E-state index < -0.39 is 14.1 Å². The predicted octanol–water partition coefficient (Wildman–Crippen LogP) is 4.26. The Bertz CT molecular complexity index is 589. The highest BCUT2D eigenvalue weighted by Crippen LogP contribution is 2.39. The van der Waals surface area contributed by atoms with Gasteiger partial charge in [-0.15, -0.1) is 0 Å². The summed E-state index contributed by atoms with van der Waals surface area (Å²) in [7, 11) is -1.90. The first-order valence-electron chi connectivity index (χ1n) is 8.83. The van der Waals surface area contributed by atoms with E-state index in [1.165, 1.54) is 0 Å². The van der Waals surface area contributed by atoms with Gasteiger partial charge in [0.15, 0.2) is 14.1 Å². The van der Waals surface area contributed by atoms with Gasteiger partial charge in [0.2, 0.25) is 0 Å². The molecule has 0 amide bonds. The Morgan fingerprint density at radius 2 is 1.84 bits per heavy atom. The van der Waals surface area contributed by atoms with Crippen LogP contribution in [0, 0.1) is 0 Å². The quantitative estimate of drug-likeness (QED) is 0.605. The lowest BCUT2D eigenvalue weighted by Gasteiger charge is -2.37. The maximum absolute atomic E-state index is 10.4. The van der Waals surface area contributed by atoms with E-state index >= 15 is 0 Å². The van der Waals surface area contributed by atoms with E-state index in [0.29, 0.717) is 18.8 Å². The van der Waals surface area contributed by atoms with Gasteiger partial charge in [0.1, 0.15) is 12.2 Å². The molecule has 0 unspecified atom stereocenters. The average molecular weight is 365 g/mol. The van der Waals surface area contributed by atoms with E-state index in [4.69, 9.17) is 13.9 Å². The molecule has 0 radical (unpaired) electrons. The van der Waals surface area contributed by atoms with Crippen LogP contribution in [0.5, 0.6) is 0 Å². The third-order valence-corrected chi connectivity index (χ3v) is 9.85. The van der Waals surface area contributed by atoms with Crippen LogP contribution in [-0.4, -0.2) is 38.0 Å². The number of benzene rings is 1. The van der Waals surface area contributed by atoms with Crippen molar-refractivity contribution in [1.82, 2.24) is 0 Å². The van der Waals surface area contributed by atoms with Crippen LogP contribution in [0.1, 0.15) is 33.3 Å². The molecule has 5 heteroatoms. The molecule has 1 saturated heterocycles.